The van der Waals surface area contributed by atoms with Crippen LogP contribution in [0.2, 0.25) is 0 Å². The highest BCUT2D eigenvalue weighted by molar-refractivity contribution is 7.17. The molecule has 0 saturated heterocycles. The Balaban J connectivity index is 2.25. The van der Waals surface area contributed by atoms with Crippen molar-refractivity contribution >= 4 is 52.1 Å². The molecule has 1 unspecified atom stereocenters. The van der Waals surface area contributed by atoms with Crippen molar-refractivity contribution in [3.05, 3.63) is 40.4 Å². The van der Waals surface area contributed by atoms with Crippen LogP contribution in [0.5, 0.6) is 0 Å². The summed E-state index contributed by atoms with van der Waals surface area (Å²) in [6, 6.07) is 7.13. The second-order valence-corrected chi connectivity index (χ2v) is 14.5. The molecule has 260 valence electrons. The number of aryl methyl sites for hydroxylation is 2. The van der Waals surface area contributed by atoms with E-state index in [1.54, 1.807) is 67.8 Å². The smallest absolute Gasteiger partial charge is 0.411 e. The zero-order valence-electron chi connectivity index (χ0n) is 28.7. The summed E-state index contributed by atoms with van der Waals surface area (Å²) in [5.41, 5.74) is -0.0114. The topological polar surface area (TPSA) is 193 Å². The van der Waals surface area contributed by atoms with Gasteiger partial charge in [0.15, 0.2) is 5.13 Å². The number of thiazole rings is 1. The van der Waals surface area contributed by atoms with Gasteiger partial charge in [-0.05, 0) is 64.2 Å². The fourth-order valence-electron chi connectivity index (χ4n) is 4.98. The molecule has 0 aliphatic heterocycles. The first-order valence-electron chi connectivity index (χ1n) is 15.3. The van der Waals surface area contributed by atoms with Crippen LogP contribution in [0.15, 0.2) is 24.3 Å². The number of carbonyl (C=O) groups excluding carboxylic acids is 3. The summed E-state index contributed by atoms with van der Waals surface area (Å²) in [6.07, 6.45) is -0.118. The SMILES string of the molecule is CC(=O)Nc1nc(CCc2ccc(NC(NC(=O)O)(N(C(=O)O)C(C)(C)C)C(C)(C)C)cc2)c(C(=O)NCCCCC(=O)N(C)C)s1. The normalized spacial score (nSPS) is 12.8. The first-order valence-corrected chi connectivity index (χ1v) is 16.2. The molecule has 0 fully saturated rings. The molecular formula is C32H49N7O7S. The van der Waals surface area contributed by atoms with Crippen molar-refractivity contribution in [3.63, 3.8) is 0 Å². The number of anilines is 2. The Bertz CT molecular complexity index is 1430. The van der Waals surface area contributed by atoms with Crippen LogP contribution in [0.4, 0.5) is 20.4 Å². The van der Waals surface area contributed by atoms with E-state index in [9.17, 15) is 34.2 Å². The molecule has 1 heterocycles. The number of carbonyl (C=O) groups is 5. The Labute approximate surface area is 280 Å². The first-order chi connectivity index (χ1) is 21.7. The van der Waals surface area contributed by atoms with Gasteiger partial charge in [-0.2, -0.15) is 0 Å². The van der Waals surface area contributed by atoms with E-state index in [-0.39, 0.29) is 17.7 Å². The van der Waals surface area contributed by atoms with Gasteiger partial charge in [0.1, 0.15) is 4.88 Å². The van der Waals surface area contributed by atoms with Gasteiger partial charge in [-0.1, -0.05) is 44.2 Å². The summed E-state index contributed by atoms with van der Waals surface area (Å²) in [5, 5.41) is 31.5. The van der Waals surface area contributed by atoms with E-state index in [0.29, 0.717) is 60.0 Å². The largest absolute Gasteiger partial charge is 0.465 e. The van der Waals surface area contributed by atoms with Gasteiger partial charge in [-0.3, -0.25) is 24.6 Å². The fourth-order valence-corrected chi connectivity index (χ4v) is 5.95. The minimum Gasteiger partial charge on any atom is -0.465 e. The molecule has 0 radical (unpaired) electrons. The summed E-state index contributed by atoms with van der Waals surface area (Å²) in [6.45, 7) is 12.1. The van der Waals surface area contributed by atoms with E-state index in [2.05, 4.69) is 26.3 Å². The minimum absolute atomic E-state index is 0.0300. The second-order valence-electron chi connectivity index (χ2n) is 13.5. The standard InChI is InChI=1S/C32H49N7O7S/c1-20(40)34-27-35-23(25(47-27)26(42)33-19-11-10-12-24(41)38(8)9)18-15-21-13-16-22(17-14-21)36-32(30(2,3)4,37-28(43)44)39(29(45)46)31(5,6)7/h13-14,16-17,36-37H,10-12,15,18-19H2,1-9H3,(H,33,42)(H,43,44)(H,45,46)(H,34,35,40). The molecule has 1 atom stereocenters. The van der Waals surface area contributed by atoms with Gasteiger partial charge in [-0.15, -0.1) is 0 Å². The summed E-state index contributed by atoms with van der Waals surface area (Å²) in [4.78, 5) is 68.5. The Hall–Kier alpha value is -4.40. The van der Waals surface area contributed by atoms with Gasteiger partial charge in [0.2, 0.25) is 17.6 Å². The van der Waals surface area contributed by atoms with E-state index in [4.69, 9.17) is 0 Å². The third-order valence-electron chi connectivity index (χ3n) is 7.29. The lowest BCUT2D eigenvalue weighted by molar-refractivity contribution is -0.128. The number of aromatic nitrogens is 1. The molecule has 0 bridgehead atoms. The van der Waals surface area contributed by atoms with Crippen LogP contribution in [0.1, 0.15) is 88.7 Å². The van der Waals surface area contributed by atoms with Crippen LogP contribution >= 0.6 is 11.3 Å². The second kappa shape index (κ2) is 15.9. The number of unbranched alkanes of at least 4 members (excludes halogenated alkanes) is 1. The highest BCUT2D eigenvalue weighted by Crippen LogP contribution is 2.39. The molecule has 0 aliphatic carbocycles. The van der Waals surface area contributed by atoms with Gasteiger partial charge < -0.3 is 31.1 Å². The van der Waals surface area contributed by atoms with Crippen LogP contribution in [-0.2, 0) is 22.4 Å². The monoisotopic (exact) mass is 675 g/mol. The van der Waals surface area contributed by atoms with Crippen molar-refractivity contribution in [3.8, 4) is 0 Å². The average Bonchev–Trinajstić information content (AvgIpc) is 3.32. The van der Waals surface area contributed by atoms with Gasteiger partial charge in [-0.25, -0.2) is 14.6 Å². The lowest BCUT2D eigenvalue weighted by Crippen LogP contribution is -2.76. The lowest BCUT2D eigenvalue weighted by Gasteiger charge is -2.55. The molecule has 0 aliphatic rings. The van der Waals surface area contributed by atoms with Gasteiger partial charge in [0, 0.05) is 50.6 Å². The Kier molecular flexibility index (Phi) is 13.1. The number of nitrogens with zero attached hydrogens (tertiary/aromatic N) is 3. The van der Waals surface area contributed by atoms with Gasteiger partial charge in [0.05, 0.1) is 5.69 Å². The highest BCUT2D eigenvalue weighted by Gasteiger charge is 2.54. The minimum atomic E-state index is -1.74. The molecule has 0 saturated carbocycles. The van der Waals surface area contributed by atoms with Crippen molar-refractivity contribution in [2.24, 2.45) is 5.41 Å². The van der Waals surface area contributed by atoms with Crippen LogP contribution in [0.25, 0.3) is 0 Å². The van der Waals surface area contributed by atoms with Crippen LogP contribution in [0, 0.1) is 5.41 Å². The number of carboxylic acid groups (broad SMARTS) is 2. The van der Waals surface area contributed by atoms with Crippen molar-refractivity contribution < 1.29 is 34.2 Å². The summed E-state index contributed by atoms with van der Waals surface area (Å²) >= 11 is 1.09. The number of hydrogen-bond donors (Lipinski definition) is 6. The zero-order chi connectivity index (χ0) is 35.7. The van der Waals surface area contributed by atoms with Gasteiger partial charge >= 0.3 is 12.2 Å². The Morgan fingerprint density at radius 2 is 1.53 bits per heavy atom. The molecule has 5 amide bonds. The van der Waals surface area contributed by atoms with E-state index in [1.807, 2.05) is 12.1 Å². The number of nitrogens with one attached hydrogen (secondary N) is 4. The first kappa shape index (κ1) is 38.8. The molecule has 14 nitrogen and oxygen atoms in total. The summed E-state index contributed by atoms with van der Waals surface area (Å²) in [5.74, 6) is -2.32. The highest BCUT2D eigenvalue weighted by atomic mass is 32.1. The van der Waals surface area contributed by atoms with Crippen LogP contribution in [0.3, 0.4) is 0 Å². The van der Waals surface area contributed by atoms with E-state index in [1.165, 1.54) is 11.8 Å². The molecule has 47 heavy (non-hydrogen) atoms. The average molecular weight is 676 g/mol. The third kappa shape index (κ3) is 10.8. The molecule has 15 heteroatoms. The lowest BCUT2D eigenvalue weighted by atomic mass is 9.82. The maximum atomic E-state index is 13.1. The molecular weight excluding hydrogens is 626 g/mol. The molecule has 6 N–H and O–H groups in total. The number of rotatable bonds is 14. The molecule has 1 aromatic heterocycles. The Morgan fingerprint density at radius 3 is 2.02 bits per heavy atom. The van der Waals surface area contributed by atoms with Crippen molar-refractivity contribution in [2.45, 2.75) is 91.9 Å². The predicted octanol–water partition coefficient (Wildman–Crippen LogP) is 5.03. The predicted molar refractivity (Wildman–Crippen MR) is 182 cm³/mol. The molecule has 2 rings (SSSR count). The van der Waals surface area contributed by atoms with E-state index in [0.717, 1.165) is 21.8 Å². The van der Waals surface area contributed by atoms with E-state index < -0.39 is 28.9 Å². The Morgan fingerprint density at radius 1 is 0.915 bits per heavy atom. The van der Waals surface area contributed by atoms with Crippen molar-refractivity contribution in [1.82, 2.24) is 25.4 Å². The number of amides is 5. The third-order valence-corrected chi connectivity index (χ3v) is 8.30. The zero-order valence-corrected chi connectivity index (χ0v) is 29.6. The fraction of sp³-hybridized carbons (Fsp3) is 0.562. The van der Waals surface area contributed by atoms with Crippen LogP contribution in [-0.4, -0.2) is 86.9 Å². The maximum absolute atomic E-state index is 13.1. The van der Waals surface area contributed by atoms with Crippen LogP contribution < -0.4 is 21.3 Å². The van der Waals surface area contributed by atoms with E-state index >= 15 is 0 Å². The maximum Gasteiger partial charge on any atom is 0.411 e. The molecule has 1 aromatic carbocycles. The number of hydrogen-bond acceptors (Lipinski definition) is 8. The van der Waals surface area contributed by atoms with Crippen molar-refractivity contribution in [2.75, 3.05) is 31.3 Å². The molecule has 0 spiro atoms. The van der Waals surface area contributed by atoms with Crippen molar-refractivity contribution in [1.29, 1.82) is 0 Å². The summed E-state index contributed by atoms with van der Waals surface area (Å²) < 4.78 is 0. The molecule has 2 aromatic rings. The quantitative estimate of drug-likeness (QED) is 0.118. The number of benzene rings is 1. The summed E-state index contributed by atoms with van der Waals surface area (Å²) in [7, 11) is 3.40. The van der Waals surface area contributed by atoms with Gasteiger partial charge in [0.25, 0.3) is 5.91 Å².